The van der Waals surface area contributed by atoms with Crippen molar-refractivity contribution in [2.75, 3.05) is 5.32 Å². The molecule has 0 atom stereocenters. The van der Waals surface area contributed by atoms with Gasteiger partial charge in [-0.25, -0.2) is 4.68 Å². The minimum absolute atomic E-state index is 0.216. The van der Waals surface area contributed by atoms with Crippen LogP contribution in [0.2, 0.25) is 5.02 Å². The molecule has 6 nitrogen and oxygen atoms in total. The van der Waals surface area contributed by atoms with Crippen molar-refractivity contribution in [3.63, 3.8) is 0 Å². The molecule has 3 rings (SSSR count). The molecular weight excluding hydrogens is 290 g/mol. The minimum atomic E-state index is -0.216. The number of hydrogen-bond donors (Lipinski definition) is 1. The molecule has 0 aliphatic rings. The first-order valence-corrected chi connectivity index (χ1v) is 6.50. The highest BCUT2D eigenvalue weighted by atomic mass is 35.5. The van der Waals surface area contributed by atoms with Gasteiger partial charge >= 0.3 is 0 Å². The van der Waals surface area contributed by atoms with E-state index in [2.05, 4.69) is 20.8 Å². The van der Waals surface area contributed by atoms with Gasteiger partial charge in [0.15, 0.2) is 0 Å². The lowest BCUT2D eigenvalue weighted by atomic mass is 10.2. The van der Waals surface area contributed by atoms with Crippen molar-refractivity contribution in [2.45, 2.75) is 0 Å². The quantitative estimate of drug-likeness (QED) is 0.806. The molecule has 21 heavy (non-hydrogen) atoms. The lowest BCUT2D eigenvalue weighted by Crippen LogP contribution is -2.12. The van der Waals surface area contributed by atoms with Crippen LogP contribution in [0.15, 0.2) is 54.9 Å². The molecule has 0 unspecified atom stereocenters. The summed E-state index contributed by atoms with van der Waals surface area (Å²) in [6.45, 7) is 0. The van der Waals surface area contributed by atoms with Crippen LogP contribution in [-0.4, -0.2) is 26.1 Å². The number of carbonyl (C=O) groups excluding carboxylic acids is 1. The zero-order chi connectivity index (χ0) is 14.7. The molecule has 1 aromatic heterocycles. The van der Waals surface area contributed by atoms with E-state index in [-0.39, 0.29) is 5.91 Å². The van der Waals surface area contributed by atoms with Gasteiger partial charge in [-0.05, 0) is 52.9 Å². The van der Waals surface area contributed by atoms with Gasteiger partial charge < -0.3 is 5.32 Å². The van der Waals surface area contributed by atoms with Crippen LogP contribution in [0, 0.1) is 0 Å². The summed E-state index contributed by atoms with van der Waals surface area (Å²) >= 11 is 5.81. The molecule has 0 bridgehead atoms. The van der Waals surface area contributed by atoms with E-state index in [9.17, 15) is 4.79 Å². The van der Waals surface area contributed by atoms with Gasteiger partial charge in [-0.1, -0.05) is 17.7 Å². The molecule has 2 aromatic carbocycles. The van der Waals surface area contributed by atoms with Gasteiger partial charge in [0.1, 0.15) is 6.33 Å². The average Bonchev–Trinajstić information content (AvgIpc) is 3.04. The predicted octanol–water partition coefficient (Wildman–Crippen LogP) is 2.57. The summed E-state index contributed by atoms with van der Waals surface area (Å²) in [5.74, 6) is -0.216. The van der Waals surface area contributed by atoms with Crippen LogP contribution in [0.4, 0.5) is 5.69 Å². The average molecular weight is 300 g/mol. The molecule has 1 amide bonds. The summed E-state index contributed by atoms with van der Waals surface area (Å²) in [5, 5.41) is 14.3. The maximum atomic E-state index is 12.2. The van der Waals surface area contributed by atoms with Gasteiger partial charge in [0.25, 0.3) is 5.91 Å². The highest BCUT2D eigenvalue weighted by Crippen LogP contribution is 2.15. The Morgan fingerprint density at radius 1 is 1.14 bits per heavy atom. The Morgan fingerprint density at radius 3 is 2.67 bits per heavy atom. The zero-order valence-corrected chi connectivity index (χ0v) is 11.5. The Bertz CT molecular complexity index is 755. The van der Waals surface area contributed by atoms with E-state index < -0.39 is 0 Å². The predicted molar refractivity (Wildman–Crippen MR) is 78.6 cm³/mol. The molecule has 3 aromatic rings. The van der Waals surface area contributed by atoms with Crippen molar-refractivity contribution in [2.24, 2.45) is 0 Å². The molecule has 0 saturated heterocycles. The Balaban J connectivity index is 1.81. The highest BCUT2D eigenvalue weighted by molar-refractivity contribution is 6.30. The zero-order valence-electron chi connectivity index (χ0n) is 10.8. The number of anilines is 1. The summed E-state index contributed by atoms with van der Waals surface area (Å²) in [5.41, 5.74) is 1.90. The van der Waals surface area contributed by atoms with Crippen molar-refractivity contribution in [3.8, 4) is 5.69 Å². The fourth-order valence-electron chi connectivity index (χ4n) is 1.81. The highest BCUT2D eigenvalue weighted by Gasteiger charge is 2.08. The summed E-state index contributed by atoms with van der Waals surface area (Å²) < 4.78 is 1.49. The van der Waals surface area contributed by atoms with Crippen molar-refractivity contribution >= 4 is 23.2 Å². The van der Waals surface area contributed by atoms with Gasteiger partial charge in [0, 0.05) is 16.3 Å². The Labute approximate surface area is 125 Å². The van der Waals surface area contributed by atoms with Crippen LogP contribution < -0.4 is 5.32 Å². The first-order chi connectivity index (χ1) is 10.2. The second-order valence-electron chi connectivity index (χ2n) is 4.27. The Morgan fingerprint density at radius 2 is 1.95 bits per heavy atom. The molecule has 0 fully saturated rings. The number of hydrogen-bond acceptors (Lipinski definition) is 4. The van der Waals surface area contributed by atoms with E-state index in [1.807, 2.05) is 6.07 Å². The molecule has 104 valence electrons. The van der Waals surface area contributed by atoms with E-state index in [1.54, 1.807) is 42.5 Å². The lowest BCUT2D eigenvalue weighted by molar-refractivity contribution is 0.102. The van der Waals surface area contributed by atoms with Gasteiger partial charge in [-0.2, -0.15) is 0 Å². The number of tetrazole rings is 1. The van der Waals surface area contributed by atoms with Crippen LogP contribution >= 0.6 is 11.6 Å². The molecule has 0 aliphatic carbocycles. The van der Waals surface area contributed by atoms with E-state index >= 15 is 0 Å². The summed E-state index contributed by atoms with van der Waals surface area (Å²) in [6, 6.07) is 13.9. The summed E-state index contributed by atoms with van der Waals surface area (Å²) in [7, 11) is 0. The van der Waals surface area contributed by atoms with Crippen LogP contribution in [-0.2, 0) is 0 Å². The number of rotatable bonds is 3. The Hall–Kier alpha value is -2.73. The normalized spacial score (nSPS) is 10.3. The van der Waals surface area contributed by atoms with Gasteiger partial charge in [0.2, 0.25) is 0 Å². The number of carbonyl (C=O) groups is 1. The largest absolute Gasteiger partial charge is 0.322 e. The van der Waals surface area contributed by atoms with Gasteiger partial charge in [-0.15, -0.1) is 5.10 Å². The van der Waals surface area contributed by atoms with Crippen molar-refractivity contribution in [3.05, 3.63) is 65.4 Å². The second kappa shape index (κ2) is 5.72. The number of aromatic nitrogens is 4. The third-order valence-electron chi connectivity index (χ3n) is 2.82. The second-order valence-corrected chi connectivity index (χ2v) is 4.70. The lowest BCUT2D eigenvalue weighted by Gasteiger charge is -2.06. The van der Waals surface area contributed by atoms with E-state index in [4.69, 9.17) is 11.6 Å². The number of halogens is 1. The van der Waals surface area contributed by atoms with Crippen LogP contribution in [0.5, 0.6) is 0 Å². The molecule has 0 radical (unpaired) electrons. The topological polar surface area (TPSA) is 72.7 Å². The molecule has 0 aliphatic heterocycles. The molecule has 0 saturated carbocycles. The fraction of sp³-hybridized carbons (Fsp3) is 0. The van der Waals surface area contributed by atoms with E-state index in [1.165, 1.54) is 11.0 Å². The maximum Gasteiger partial charge on any atom is 0.255 e. The molecule has 0 spiro atoms. The third-order valence-corrected chi connectivity index (χ3v) is 3.08. The minimum Gasteiger partial charge on any atom is -0.322 e. The van der Waals surface area contributed by atoms with Crippen LogP contribution in [0.25, 0.3) is 5.69 Å². The molecule has 7 heteroatoms. The monoisotopic (exact) mass is 299 g/mol. The fourth-order valence-corrected chi connectivity index (χ4v) is 1.93. The maximum absolute atomic E-state index is 12.2. The van der Waals surface area contributed by atoms with Crippen LogP contribution in [0.3, 0.4) is 0 Å². The molecular formula is C14H10ClN5O. The standard InChI is InChI=1S/C14H10ClN5O/c15-11-4-6-12(7-5-11)17-14(21)10-2-1-3-13(8-10)20-9-16-18-19-20/h1-9H,(H,17,21). The van der Waals surface area contributed by atoms with Crippen molar-refractivity contribution < 1.29 is 4.79 Å². The van der Waals surface area contributed by atoms with E-state index in [0.717, 1.165) is 0 Å². The van der Waals surface area contributed by atoms with Crippen molar-refractivity contribution in [1.82, 2.24) is 20.2 Å². The number of nitrogens with one attached hydrogen (secondary N) is 1. The van der Waals surface area contributed by atoms with Gasteiger partial charge in [-0.3, -0.25) is 4.79 Å². The molecule has 1 heterocycles. The smallest absolute Gasteiger partial charge is 0.255 e. The van der Waals surface area contributed by atoms with Gasteiger partial charge in [0.05, 0.1) is 5.69 Å². The first kappa shape index (κ1) is 13.3. The van der Waals surface area contributed by atoms with E-state index in [0.29, 0.717) is 22.0 Å². The summed E-state index contributed by atoms with van der Waals surface area (Å²) in [6.07, 6.45) is 1.47. The Kier molecular flexibility index (Phi) is 3.61. The van der Waals surface area contributed by atoms with Crippen molar-refractivity contribution in [1.29, 1.82) is 0 Å². The number of nitrogens with zero attached hydrogens (tertiary/aromatic N) is 4. The number of benzene rings is 2. The first-order valence-electron chi connectivity index (χ1n) is 6.13. The SMILES string of the molecule is O=C(Nc1ccc(Cl)cc1)c1cccc(-n2cnnn2)c1. The molecule has 1 N–H and O–H groups in total. The summed E-state index contributed by atoms with van der Waals surface area (Å²) in [4.78, 5) is 12.2. The van der Waals surface area contributed by atoms with Crippen LogP contribution in [0.1, 0.15) is 10.4 Å². The third kappa shape index (κ3) is 3.06. The number of amides is 1.